The van der Waals surface area contributed by atoms with Gasteiger partial charge in [0.1, 0.15) is 6.04 Å². The van der Waals surface area contributed by atoms with Gasteiger partial charge in [0.2, 0.25) is 5.91 Å². The smallest absolute Gasteiger partial charge is 0.392 e. The van der Waals surface area contributed by atoms with Crippen LogP contribution in [0.5, 0.6) is 0 Å². The van der Waals surface area contributed by atoms with Crippen LogP contribution < -0.4 is 5.32 Å². The Morgan fingerprint density at radius 3 is 2.35 bits per heavy atom. The molecule has 2 amide bonds. The van der Waals surface area contributed by atoms with Gasteiger partial charge in [-0.3, -0.25) is 14.5 Å². The molecule has 2 saturated heterocycles. The first-order valence-electron chi connectivity index (χ1n) is 18.3. The summed E-state index contributed by atoms with van der Waals surface area (Å²) in [6.45, 7) is 7.71. The number of amides is 2. The number of aliphatic hydroxyl groups excluding tert-OH is 1. The molecule has 3 aliphatic rings. The molecule has 8 nitrogen and oxygen atoms in total. The largest absolute Gasteiger partial charge is 0.471 e. The zero-order chi connectivity index (χ0) is 36.8. The van der Waals surface area contributed by atoms with E-state index in [1.165, 1.54) is 25.7 Å². The van der Waals surface area contributed by atoms with Crippen LogP contribution >= 0.6 is 0 Å². The Bertz CT molecular complexity index is 1690. The highest BCUT2D eigenvalue weighted by Crippen LogP contribution is 2.43. The minimum absolute atomic E-state index is 0.0317. The second-order valence-corrected chi connectivity index (χ2v) is 14.2. The van der Waals surface area contributed by atoms with Crippen LogP contribution in [-0.4, -0.2) is 70.7 Å². The third-order valence-electron chi connectivity index (χ3n) is 10.7. The molecular formula is C41H48F3N3O5. The monoisotopic (exact) mass is 719 g/mol. The number of hydrogen-bond donors (Lipinski definition) is 2. The molecule has 2 N–H and O–H groups in total. The number of carbonyl (C=O) groups excluding carboxylic acids is 2. The van der Waals surface area contributed by atoms with E-state index >= 15 is 0 Å². The standard InChI is InChI=1S/C41H48F3N3O5/c1-3-20-46(34-13-4-5-14-34)25-36-27(2)37(30-18-16-28(26-48)17-19-30)52-39(51-36)33-12-7-11-32(23-33)31-10-6-9-29(22-31)24-45-38(49)35-15-8-21-47(35)40(50)41(42,43)44/h3,6-7,9-12,16-19,22-23,27,34-37,39,48H,1,4-5,8,13-15,20-21,24-26H2,2H3,(H,45,49)/t27-,35+,36+,37+,39+/m1/s1. The maximum absolute atomic E-state index is 13.1. The lowest BCUT2D eigenvalue weighted by molar-refractivity contribution is -0.276. The number of rotatable bonds is 12. The maximum atomic E-state index is 13.1. The molecule has 11 heteroatoms. The van der Waals surface area contributed by atoms with Gasteiger partial charge in [-0.1, -0.05) is 86.5 Å². The minimum atomic E-state index is -5.02. The first-order chi connectivity index (χ1) is 25.0. The summed E-state index contributed by atoms with van der Waals surface area (Å²) >= 11 is 0. The quantitative estimate of drug-likeness (QED) is 0.192. The molecule has 1 saturated carbocycles. The van der Waals surface area contributed by atoms with Crippen molar-refractivity contribution in [2.75, 3.05) is 19.6 Å². The Hall–Kier alpha value is -4.03. The molecule has 1 aliphatic carbocycles. The lowest BCUT2D eigenvalue weighted by Gasteiger charge is -2.43. The van der Waals surface area contributed by atoms with Crippen LogP contribution in [0, 0.1) is 5.92 Å². The van der Waals surface area contributed by atoms with Crippen molar-refractivity contribution in [1.29, 1.82) is 0 Å². The van der Waals surface area contributed by atoms with Crippen LogP contribution in [0.15, 0.2) is 85.5 Å². The van der Waals surface area contributed by atoms with E-state index in [9.17, 15) is 27.9 Å². The molecule has 3 aromatic rings. The number of ether oxygens (including phenoxy) is 2. The molecule has 0 aromatic heterocycles. The van der Waals surface area contributed by atoms with Crippen molar-refractivity contribution < 1.29 is 37.3 Å². The molecule has 2 heterocycles. The number of aliphatic hydroxyl groups is 1. The average molecular weight is 720 g/mol. The van der Waals surface area contributed by atoms with Crippen molar-refractivity contribution in [3.63, 3.8) is 0 Å². The first kappa shape index (κ1) is 37.7. The molecule has 0 spiro atoms. The highest BCUT2D eigenvalue weighted by Gasteiger charge is 2.47. The summed E-state index contributed by atoms with van der Waals surface area (Å²) < 4.78 is 52.8. The lowest BCUT2D eigenvalue weighted by atomic mass is 9.89. The number of benzene rings is 3. The van der Waals surface area contributed by atoms with E-state index in [0.29, 0.717) is 17.4 Å². The summed E-state index contributed by atoms with van der Waals surface area (Å²) in [4.78, 5) is 27.9. The molecule has 2 aliphatic heterocycles. The highest BCUT2D eigenvalue weighted by atomic mass is 19.4. The van der Waals surface area contributed by atoms with Gasteiger partial charge in [0.15, 0.2) is 6.29 Å². The number of halogens is 3. The first-order valence-corrected chi connectivity index (χ1v) is 18.3. The van der Waals surface area contributed by atoms with Crippen LogP contribution in [0.2, 0.25) is 0 Å². The van der Waals surface area contributed by atoms with Gasteiger partial charge in [0, 0.05) is 43.7 Å². The number of likely N-dealkylation sites (tertiary alicyclic amines) is 1. The van der Waals surface area contributed by atoms with Gasteiger partial charge in [-0.15, -0.1) is 6.58 Å². The van der Waals surface area contributed by atoms with Crippen molar-refractivity contribution in [2.24, 2.45) is 5.92 Å². The fraction of sp³-hybridized carbons (Fsp3) is 0.463. The van der Waals surface area contributed by atoms with Crippen molar-refractivity contribution in [3.05, 3.63) is 108 Å². The highest BCUT2D eigenvalue weighted by molar-refractivity contribution is 5.90. The van der Waals surface area contributed by atoms with Gasteiger partial charge in [-0.2, -0.15) is 13.2 Å². The lowest BCUT2D eigenvalue weighted by Crippen LogP contribution is -2.50. The van der Waals surface area contributed by atoms with Crippen LogP contribution in [0.4, 0.5) is 13.2 Å². The third-order valence-corrected chi connectivity index (χ3v) is 10.7. The fourth-order valence-corrected chi connectivity index (χ4v) is 7.85. The Morgan fingerprint density at radius 1 is 0.942 bits per heavy atom. The van der Waals surface area contributed by atoms with E-state index in [1.54, 1.807) is 0 Å². The Balaban J connectivity index is 1.20. The van der Waals surface area contributed by atoms with Gasteiger partial charge >= 0.3 is 12.1 Å². The SMILES string of the molecule is C=CCN(C[C@@H]1O[C@H](c2cccc(-c3cccc(CNC(=O)[C@@H]4CCCN4C(=O)C(F)(F)F)c3)c2)O[C@H](c2ccc(CO)cc2)[C@@H]1C)C1CCCC1. The van der Waals surface area contributed by atoms with Gasteiger partial charge in [0.25, 0.3) is 0 Å². The van der Waals surface area contributed by atoms with Crippen LogP contribution in [0.25, 0.3) is 11.1 Å². The van der Waals surface area contributed by atoms with E-state index in [2.05, 4.69) is 23.7 Å². The van der Waals surface area contributed by atoms with Gasteiger partial charge in [-0.25, -0.2) is 0 Å². The van der Waals surface area contributed by atoms with E-state index in [1.807, 2.05) is 78.9 Å². The molecule has 3 fully saturated rings. The molecule has 52 heavy (non-hydrogen) atoms. The van der Waals surface area contributed by atoms with E-state index in [4.69, 9.17) is 9.47 Å². The average Bonchev–Trinajstić information content (AvgIpc) is 3.88. The number of alkyl halides is 3. The minimum Gasteiger partial charge on any atom is -0.392 e. The number of nitrogens with one attached hydrogen (secondary N) is 1. The topological polar surface area (TPSA) is 91.3 Å². The Morgan fingerprint density at radius 2 is 1.65 bits per heavy atom. The van der Waals surface area contributed by atoms with E-state index in [0.717, 1.165) is 46.5 Å². The van der Waals surface area contributed by atoms with E-state index < -0.39 is 30.3 Å². The summed E-state index contributed by atoms with van der Waals surface area (Å²) in [6, 6.07) is 22.8. The third kappa shape index (κ3) is 8.77. The summed E-state index contributed by atoms with van der Waals surface area (Å²) in [6.07, 6.45) is 1.25. The predicted octanol–water partition coefficient (Wildman–Crippen LogP) is 7.24. The second kappa shape index (κ2) is 16.8. The van der Waals surface area contributed by atoms with E-state index in [-0.39, 0.29) is 44.2 Å². The summed E-state index contributed by atoms with van der Waals surface area (Å²) in [5, 5.41) is 12.4. The summed E-state index contributed by atoms with van der Waals surface area (Å²) in [5.41, 5.74) is 5.28. The van der Waals surface area contributed by atoms with Crippen LogP contribution in [0.1, 0.15) is 80.1 Å². The zero-order valence-corrected chi connectivity index (χ0v) is 29.6. The fourth-order valence-electron chi connectivity index (χ4n) is 7.85. The van der Waals surface area contributed by atoms with Crippen molar-refractivity contribution in [1.82, 2.24) is 15.1 Å². The molecule has 3 aromatic carbocycles. The molecule has 0 unspecified atom stereocenters. The Kier molecular flexibility index (Phi) is 12.2. The predicted molar refractivity (Wildman–Crippen MR) is 192 cm³/mol. The maximum Gasteiger partial charge on any atom is 0.471 e. The summed E-state index contributed by atoms with van der Waals surface area (Å²) in [5.74, 6) is -2.53. The number of nitrogens with zero attached hydrogens (tertiary/aromatic N) is 2. The second-order valence-electron chi connectivity index (χ2n) is 14.2. The zero-order valence-electron chi connectivity index (χ0n) is 29.6. The molecule has 278 valence electrons. The Labute approximate surface area is 303 Å². The molecule has 5 atom stereocenters. The van der Waals surface area contributed by atoms with Crippen molar-refractivity contribution in [3.8, 4) is 11.1 Å². The van der Waals surface area contributed by atoms with Crippen LogP contribution in [0.3, 0.4) is 0 Å². The number of carbonyl (C=O) groups is 2. The molecular weight excluding hydrogens is 671 g/mol. The normalized spacial score (nSPS) is 24.0. The van der Waals surface area contributed by atoms with Crippen molar-refractivity contribution >= 4 is 11.8 Å². The molecule has 6 rings (SSSR count). The number of hydrogen-bond acceptors (Lipinski definition) is 6. The van der Waals surface area contributed by atoms with Crippen molar-refractivity contribution in [2.45, 2.75) is 95.4 Å². The van der Waals surface area contributed by atoms with Gasteiger partial charge < -0.3 is 24.8 Å². The van der Waals surface area contributed by atoms with Crippen LogP contribution in [-0.2, 0) is 32.2 Å². The van der Waals surface area contributed by atoms with Gasteiger partial charge in [-0.05, 0) is 65.6 Å². The molecule has 0 bridgehead atoms. The molecule has 0 radical (unpaired) electrons. The summed E-state index contributed by atoms with van der Waals surface area (Å²) in [7, 11) is 0. The van der Waals surface area contributed by atoms with Gasteiger partial charge in [0.05, 0.1) is 18.8 Å².